The third-order valence-electron chi connectivity index (χ3n) is 0. The second-order valence-electron chi connectivity index (χ2n) is 0.908. The van der Waals surface area contributed by atoms with Crippen LogP contribution in [0.4, 0.5) is 0 Å². The molecule has 0 fully saturated rings. The van der Waals surface area contributed by atoms with Crippen molar-refractivity contribution in [3.05, 3.63) is 6.10 Å². The molecule has 2 heteroatoms. The van der Waals surface area contributed by atoms with Crippen LogP contribution < -0.4 is 34.7 Å². The minimum absolute atomic E-state index is 0. The van der Waals surface area contributed by atoms with Crippen LogP contribution in [-0.2, 0) is 0 Å². The summed E-state index contributed by atoms with van der Waals surface area (Å²) in [7, 11) is 0. The van der Waals surface area contributed by atoms with E-state index in [2.05, 4.69) is 0 Å². The first kappa shape index (κ1) is 9.35. The van der Waals surface area contributed by atoms with Crippen molar-refractivity contribution in [2.45, 2.75) is 13.8 Å². The first-order valence-corrected chi connectivity index (χ1v) is 1.20. The van der Waals surface area contributed by atoms with Crippen LogP contribution in [0.1, 0.15) is 13.8 Å². The zero-order valence-electron chi connectivity index (χ0n) is 3.91. The fourth-order valence-electron chi connectivity index (χ4n) is 0. The van der Waals surface area contributed by atoms with Gasteiger partial charge in [-0.1, -0.05) is 13.8 Å². The summed E-state index contributed by atoms with van der Waals surface area (Å²) in [6.07, 6.45) is 0.167. The Hall–Kier alpha value is 0.960. The Morgan fingerprint density at radius 1 is 1.40 bits per heavy atom. The molecule has 0 heterocycles. The molecule has 0 bridgehead atoms. The van der Waals surface area contributed by atoms with Gasteiger partial charge in [0.1, 0.15) is 0 Å². The summed E-state index contributed by atoms with van der Waals surface area (Å²) in [6, 6.07) is 0. The molecule has 0 aliphatic heterocycles. The summed E-state index contributed by atoms with van der Waals surface area (Å²) in [4.78, 5) is 0. The van der Waals surface area contributed by atoms with Crippen LogP contribution in [0.25, 0.3) is 0 Å². The minimum atomic E-state index is 0. The van der Waals surface area contributed by atoms with Gasteiger partial charge in [0, 0.05) is 0 Å². The third-order valence-corrected chi connectivity index (χ3v) is 0. The molecule has 1 radical (unpaired) electrons. The van der Waals surface area contributed by atoms with Gasteiger partial charge in [-0.2, -0.15) is 0 Å². The maximum absolute atomic E-state index is 9.44. The predicted octanol–water partition coefficient (Wildman–Crippen LogP) is -3.08. The number of hydrogen-bond acceptors (Lipinski definition) is 1. The van der Waals surface area contributed by atoms with Crippen molar-refractivity contribution >= 4 is 0 Å². The van der Waals surface area contributed by atoms with Gasteiger partial charge in [-0.25, -0.2) is 0 Å². The molecule has 0 spiro atoms. The van der Waals surface area contributed by atoms with Crippen LogP contribution in [0.15, 0.2) is 0 Å². The van der Waals surface area contributed by atoms with Crippen molar-refractivity contribution in [1.82, 2.24) is 0 Å². The smallest absolute Gasteiger partial charge is 0.850 e. The van der Waals surface area contributed by atoms with Gasteiger partial charge < -0.3 is 5.11 Å². The largest absolute Gasteiger partial charge is 1.00 e. The zero-order valence-corrected chi connectivity index (χ0v) is 5.91. The molecule has 0 aromatic heterocycles. The van der Waals surface area contributed by atoms with Crippen LogP contribution in [-0.4, -0.2) is 0 Å². The molecular weight excluding hydrogens is 75.0 g/mol. The molecule has 0 amide bonds. The van der Waals surface area contributed by atoms with Crippen molar-refractivity contribution < 1.29 is 34.7 Å². The molecule has 0 aromatic rings. The summed E-state index contributed by atoms with van der Waals surface area (Å²) < 4.78 is 0. The third kappa shape index (κ3) is 47.2. The van der Waals surface area contributed by atoms with Crippen LogP contribution in [0.3, 0.4) is 0 Å². The van der Waals surface area contributed by atoms with E-state index in [9.17, 15) is 5.11 Å². The predicted molar refractivity (Wildman–Crippen MR) is 14.6 cm³/mol. The van der Waals surface area contributed by atoms with Gasteiger partial charge in [-0.15, -0.1) is 6.10 Å². The quantitative estimate of drug-likeness (QED) is 0.284. The van der Waals surface area contributed by atoms with Crippen molar-refractivity contribution in [2.24, 2.45) is 0 Å². The normalized spacial score (nSPS) is 7.20. The van der Waals surface area contributed by atoms with Gasteiger partial charge >= 0.3 is 29.6 Å². The van der Waals surface area contributed by atoms with Gasteiger partial charge in [0.2, 0.25) is 0 Å². The van der Waals surface area contributed by atoms with E-state index in [1.54, 1.807) is 0 Å². The molecule has 0 saturated carbocycles. The topological polar surface area (TPSA) is 23.1 Å². The monoisotopic (exact) mass is 81.0 g/mol. The second-order valence-corrected chi connectivity index (χ2v) is 0.908. The zero-order chi connectivity index (χ0) is 3.58. The average Bonchev–Trinajstić information content (AvgIpc) is 0.811. The van der Waals surface area contributed by atoms with Gasteiger partial charge in [-0.05, 0) is 0 Å². The fraction of sp³-hybridized carbons (Fsp3) is 0.667. The van der Waals surface area contributed by atoms with Crippen molar-refractivity contribution in [2.75, 3.05) is 0 Å². The van der Waals surface area contributed by atoms with E-state index < -0.39 is 0 Å². The summed E-state index contributed by atoms with van der Waals surface area (Å²) >= 11 is 0. The second kappa shape index (κ2) is 4.96. The van der Waals surface area contributed by atoms with E-state index >= 15 is 0 Å². The Kier molecular flexibility index (Phi) is 9.28. The van der Waals surface area contributed by atoms with Crippen molar-refractivity contribution in [3.8, 4) is 0 Å². The fourth-order valence-corrected chi connectivity index (χ4v) is 0. The van der Waals surface area contributed by atoms with Crippen LogP contribution in [0.2, 0.25) is 0 Å². The SMILES string of the molecule is C[C](C)[O-].[Na+]. The molecule has 0 rings (SSSR count). The van der Waals surface area contributed by atoms with Gasteiger partial charge in [0.05, 0.1) is 0 Å². The first-order chi connectivity index (χ1) is 1.73. The Morgan fingerprint density at radius 3 is 1.40 bits per heavy atom. The molecule has 1 nitrogen and oxygen atoms in total. The van der Waals surface area contributed by atoms with Gasteiger partial charge in [0.15, 0.2) is 0 Å². The summed E-state index contributed by atoms with van der Waals surface area (Å²) in [5.41, 5.74) is 0. The molecule has 0 aliphatic rings. The number of rotatable bonds is 0. The first-order valence-electron chi connectivity index (χ1n) is 1.20. The van der Waals surface area contributed by atoms with Gasteiger partial charge in [-0.3, -0.25) is 0 Å². The standard InChI is InChI=1S/C3H6O.Na/c1-3(2)4;/h1-2H3;/q-1;+1. The maximum Gasteiger partial charge on any atom is 1.00 e. The molecule has 0 N–H and O–H groups in total. The molecule has 25 valence electrons. The van der Waals surface area contributed by atoms with Gasteiger partial charge in [0.25, 0.3) is 0 Å². The summed E-state index contributed by atoms with van der Waals surface area (Å²) in [5, 5.41) is 9.44. The molecule has 0 saturated heterocycles. The molecule has 0 aliphatic carbocycles. The van der Waals surface area contributed by atoms with E-state index in [1.807, 2.05) is 0 Å². The Morgan fingerprint density at radius 2 is 1.40 bits per heavy atom. The van der Waals surface area contributed by atoms with Crippen molar-refractivity contribution in [1.29, 1.82) is 0 Å². The molecule has 0 atom stereocenters. The Labute approximate surface area is 54.7 Å². The van der Waals surface area contributed by atoms with E-state index in [0.717, 1.165) is 0 Å². The summed E-state index contributed by atoms with van der Waals surface area (Å²) in [5.74, 6) is 0. The van der Waals surface area contributed by atoms with Crippen LogP contribution >= 0.6 is 0 Å². The van der Waals surface area contributed by atoms with Crippen molar-refractivity contribution in [3.63, 3.8) is 0 Å². The minimum Gasteiger partial charge on any atom is -0.850 e. The van der Waals surface area contributed by atoms with E-state index in [-0.39, 0.29) is 35.7 Å². The van der Waals surface area contributed by atoms with E-state index in [0.29, 0.717) is 0 Å². The summed E-state index contributed by atoms with van der Waals surface area (Å²) in [6.45, 7) is 3.06. The van der Waals surface area contributed by atoms with E-state index in [4.69, 9.17) is 0 Å². The maximum atomic E-state index is 9.44. The number of hydrogen-bond donors (Lipinski definition) is 0. The molecular formula is C3H6NaO. The molecule has 0 unspecified atom stereocenters. The average molecular weight is 81.1 g/mol. The van der Waals surface area contributed by atoms with E-state index in [1.165, 1.54) is 13.8 Å². The Balaban J connectivity index is 0. The molecule has 0 aromatic carbocycles. The Bertz CT molecular complexity index is 11.6. The van der Waals surface area contributed by atoms with Crippen LogP contribution in [0, 0.1) is 6.10 Å². The molecule has 5 heavy (non-hydrogen) atoms. The van der Waals surface area contributed by atoms with Crippen LogP contribution in [0.5, 0.6) is 0 Å².